The second kappa shape index (κ2) is 12.5. The molecule has 10 rings (SSSR count). The predicted molar refractivity (Wildman–Crippen MR) is 222 cm³/mol. The highest BCUT2D eigenvalue weighted by Gasteiger charge is 2.17. The van der Waals surface area contributed by atoms with Crippen LogP contribution < -0.4 is 0 Å². The smallest absolute Gasteiger partial charge is 0.0998 e. The molecule has 0 aliphatic rings. The van der Waals surface area contributed by atoms with Crippen molar-refractivity contribution in [2.45, 2.75) is 0 Å². The minimum Gasteiger partial charge on any atom is -0.309 e. The monoisotopic (exact) mass is 672 g/mol. The maximum absolute atomic E-state index is 10.2. The molecule has 0 atom stereocenters. The summed E-state index contributed by atoms with van der Waals surface area (Å²) in [6.07, 6.45) is 0. The van der Waals surface area contributed by atoms with Crippen LogP contribution in [0.5, 0.6) is 0 Å². The molecular weight excluding hydrogens is 641 g/mol. The molecule has 1 heterocycles. The number of aromatic nitrogens is 1. The first-order valence-electron chi connectivity index (χ1n) is 18.0. The van der Waals surface area contributed by atoms with Crippen LogP contribution >= 0.6 is 0 Å². The lowest BCUT2D eigenvalue weighted by atomic mass is 9.85. The van der Waals surface area contributed by atoms with Crippen LogP contribution in [0, 0.1) is 11.3 Å². The molecule has 0 aliphatic heterocycles. The largest absolute Gasteiger partial charge is 0.309 e. The van der Waals surface area contributed by atoms with Crippen molar-refractivity contribution in [1.29, 1.82) is 5.26 Å². The van der Waals surface area contributed by atoms with Crippen molar-refractivity contribution in [3.63, 3.8) is 0 Å². The van der Waals surface area contributed by atoms with Crippen molar-refractivity contribution < 1.29 is 0 Å². The van der Waals surface area contributed by atoms with Crippen LogP contribution in [-0.4, -0.2) is 4.57 Å². The Morgan fingerprint density at radius 1 is 0.340 bits per heavy atom. The maximum atomic E-state index is 10.2. The Morgan fingerprint density at radius 3 is 1.34 bits per heavy atom. The number of nitrogens with zero attached hydrogens (tertiary/aromatic N) is 2. The lowest BCUT2D eigenvalue weighted by Gasteiger charge is -2.18. The van der Waals surface area contributed by atoms with Crippen LogP contribution in [0.25, 0.3) is 93.5 Å². The molecule has 1 aromatic heterocycles. The fourth-order valence-electron chi connectivity index (χ4n) is 8.26. The Kier molecular flexibility index (Phi) is 7.23. The Balaban J connectivity index is 1.08. The van der Waals surface area contributed by atoms with E-state index in [9.17, 15) is 5.26 Å². The summed E-state index contributed by atoms with van der Waals surface area (Å²) in [4.78, 5) is 0. The summed E-state index contributed by atoms with van der Waals surface area (Å²) < 4.78 is 2.34. The van der Waals surface area contributed by atoms with Gasteiger partial charge in [0.1, 0.15) is 0 Å². The molecule has 9 aromatic carbocycles. The zero-order valence-corrected chi connectivity index (χ0v) is 28.9. The van der Waals surface area contributed by atoms with E-state index in [1.165, 1.54) is 60.0 Å². The van der Waals surface area contributed by atoms with Crippen LogP contribution in [0.2, 0.25) is 0 Å². The van der Waals surface area contributed by atoms with Crippen LogP contribution in [0.3, 0.4) is 0 Å². The van der Waals surface area contributed by atoms with Crippen LogP contribution in [0.4, 0.5) is 0 Å². The molecule has 246 valence electrons. The lowest BCUT2D eigenvalue weighted by molar-refractivity contribution is 1.18. The van der Waals surface area contributed by atoms with Gasteiger partial charge in [-0.05, 0) is 96.9 Å². The molecular formula is C51H32N2. The molecule has 0 unspecified atom stereocenters. The SMILES string of the molecule is N#Cc1ccc(-c2cccc(-n3c4ccccc4c4ccccc43)c2)cc1-c1ccc(-c2c3ccccc3c(-c3ccccc3)c3ccccc23)cc1. The zero-order valence-electron chi connectivity index (χ0n) is 28.9. The Morgan fingerprint density at radius 2 is 0.774 bits per heavy atom. The van der Waals surface area contributed by atoms with Crippen molar-refractivity contribution in [2.24, 2.45) is 0 Å². The summed E-state index contributed by atoms with van der Waals surface area (Å²) in [7, 11) is 0. The molecule has 0 spiro atoms. The summed E-state index contributed by atoms with van der Waals surface area (Å²) in [5.74, 6) is 0. The molecule has 0 N–H and O–H groups in total. The van der Waals surface area contributed by atoms with E-state index < -0.39 is 0 Å². The van der Waals surface area contributed by atoms with Gasteiger partial charge in [-0.3, -0.25) is 0 Å². The van der Waals surface area contributed by atoms with E-state index in [4.69, 9.17) is 0 Å². The quantitative estimate of drug-likeness (QED) is 0.167. The van der Waals surface area contributed by atoms with Gasteiger partial charge in [-0.25, -0.2) is 0 Å². The van der Waals surface area contributed by atoms with Gasteiger partial charge in [0.2, 0.25) is 0 Å². The molecule has 0 radical (unpaired) electrons. The molecule has 0 saturated heterocycles. The van der Waals surface area contributed by atoms with E-state index in [0.717, 1.165) is 33.5 Å². The number of hydrogen-bond acceptors (Lipinski definition) is 1. The highest BCUT2D eigenvalue weighted by atomic mass is 15.0. The van der Waals surface area contributed by atoms with Gasteiger partial charge in [0, 0.05) is 22.0 Å². The first-order valence-corrected chi connectivity index (χ1v) is 18.0. The van der Waals surface area contributed by atoms with E-state index >= 15 is 0 Å². The average molecular weight is 673 g/mol. The average Bonchev–Trinajstić information content (AvgIpc) is 3.57. The first-order chi connectivity index (χ1) is 26.3. The van der Waals surface area contributed by atoms with Crippen molar-refractivity contribution >= 4 is 43.4 Å². The van der Waals surface area contributed by atoms with E-state index in [0.29, 0.717) is 5.56 Å². The molecule has 53 heavy (non-hydrogen) atoms. The standard InChI is InChI=1S/C51H32N2/c52-33-39-30-29-38(37-15-12-16-40(31-37)53-48-23-10-8-17-41(48)42-18-9-11-24-49(42)53)32-47(39)34-25-27-36(28-26-34)51-45-21-6-4-19-43(45)50(35-13-2-1-3-14-35)44-20-5-7-22-46(44)51/h1-32H. The molecule has 2 nitrogen and oxygen atoms in total. The lowest BCUT2D eigenvalue weighted by Crippen LogP contribution is -1.94. The van der Waals surface area contributed by atoms with Crippen molar-refractivity contribution in [2.75, 3.05) is 0 Å². The molecule has 0 bridgehead atoms. The number of benzene rings is 9. The highest BCUT2D eigenvalue weighted by molar-refractivity contribution is 6.21. The maximum Gasteiger partial charge on any atom is 0.0998 e. The number of nitriles is 1. The topological polar surface area (TPSA) is 28.7 Å². The van der Waals surface area contributed by atoms with E-state index in [1.54, 1.807) is 0 Å². The minimum absolute atomic E-state index is 0.656. The predicted octanol–water partition coefficient (Wildman–Crippen LogP) is 13.6. The summed E-state index contributed by atoms with van der Waals surface area (Å²) in [5, 5.41) is 17.6. The molecule has 0 saturated carbocycles. The van der Waals surface area contributed by atoms with Crippen LogP contribution in [0.15, 0.2) is 194 Å². The molecule has 2 heteroatoms. The summed E-state index contributed by atoms with van der Waals surface area (Å²) in [6, 6.07) is 71.4. The van der Waals surface area contributed by atoms with Gasteiger partial charge < -0.3 is 4.57 Å². The Labute approximate surface area is 308 Å². The highest BCUT2D eigenvalue weighted by Crippen LogP contribution is 2.44. The summed E-state index contributed by atoms with van der Waals surface area (Å²) in [5.41, 5.74) is 13.1. The second-order valence-electron chi connectivity index (χ2n) is 13.6. The number of hydrogen-bond donors (Lipinski definition) is 0. The normalized spacial score (nSPS) is 11.4. The second-order valence-corrected chi connectivity index (χ2v) is 13.6. The van der Waals surface area contributed by atoms with Gasteiger partial charge in [-0.1, -0.05) is 158 Å². The van der Waals surface area contributed by atoms with Gasteiger partial charge >= 0.3 is 0 Å². The van der Waals surface area contributed by atoms with Gasteiger partial charge in [-0.2, -0.15) is 5.26 Å². The van der Waals surface area contributed by atoms with Crippen molar-refractivity contribution in [3.8, 4) is 56.3 Å². The van der Waals surface area contributed by atoms with Gasteiger partial charge in [0.25, 0.3) is 0 Å². The third kappa shape index (κ3) is 5.02. The summed E-state index contributed by atoms with van der Waals surface area (Å²) >= 11 is 0. The summed E-state index contributed by atoms with van der Waals surface area (Å²) in [6.45, 7) is 0. The molecule has 0 fully saturated rings. The van der Waals surface area contributed by atoms with Gasteiger partial charge in [0.15, 0.2) is 0 Å². The number of rotatable bonds is 5. The zero-order chi connectivity index (χ0) is 35.3. The van der Waals surface area contributed by atoms with Crippen LogP contribution in [0.1, 0.15) is 5.56 Å². The molecule has 0 aliphatic carbocycles. The van der Waals surface area contributed by atoms with Gasteiger partial charge in [-0.15, -0.1) is 0 Å². The first kappa shape index (κ1) is 30.6. The van der Waals surface area contributed by atoms with Gasteiger partial charge in [0.05, 0.1) is 22.7 Å². The number of fused-ring (bicyclic) bond motifs is 5. The van der Waals surface area contributed by atoms with Crippen molar-refractivity contribution in [1.82, 2.24) is 4.57 Å². The Bertz CT molecular complexity index is 2940. The molecule has 10 aromatic rings. The third-order valence-electron chi connectivity index (χ3n) is 10.6. The van der Waals surface area contributed by atoms with E-state index in [2.05, 4.69) is 199 Å². The Hall–Kier alpha value is -7.21. The third-order valence-corrected chi connectivity index (χ3v) is 10.6. The van der Waals surface area contributed by atoms with E-state index in [1.807, 2.05) is 6.07 Å². The van der Waals surface area contributed by atoms with Crippen molar-refractivity contribution in [3.05, 3.63) is 200 Å². The number of para-hydroxylation sites is 2. The fraction of sp³-hybridized carbons (Fsp3) is 0. The van der Waals surface area contributed by atoms with Crippen LogP contribution in [-0.2, 0) is 0 Å². The fourth-order valence-corrected chi connectivity index (χ4v) is 8.26. The minimum atomic E-state index is 0.656. The molecule has 0 amide bonds. The van der Waals surface area contributed by atoms with E-state index in [-0.39, 0.29) is 0 Å².